The molecule has 27 heavy (non-hydrogen) atoms. The fourth-order valence-electron chi connectivity index (χ4n) is 4.13. The first kappa shape index (κ1) is 18.7. The summed E-state index contributed by atoms with van der Waals surface area (Å²) in [5, 5.41) is 10.4. The van der Waals surface area contributed by atoms with E-state index in [-0.39, 0.29) is 29.9 Å². The van der Waals surface area contributed by atoms with E-state index < -0.39 is 0 Å². The van der Waals surface area contributed by atoms with Crippen LogP contribution >= 0.6 is 11.6 Å². The lowest BCUT2D eigenvalue weighted by Gasteiger charge is -2.37. The summed E-state index contributed by atoms with van der Waals surface area (Å²) in [6.45, 7) is 2.21. The average molecular weight is 391 g/mol. The Balaban J connectivity index is 1.30. The van der Waals surface area contributed by atoms with Crippen LogP contribution in [0.4, 0.5) is 0 Å². The molecule has 6 nitrogen and oxygen atoms in total. The molecular formula is C20H27ClN4O2. The quantitative estimate of drug-likeness (QED) is 0.658. The topological polar surface area (TPSA) is 73.5 Å². The van der Waals surface area contributed by atoms with E-state index in [0.29, 0.717) is 19.0 Å². The first-order valence-electron chi connectivity index (χ1n) is 9.89. The van der Waals surface area contributed by atoms with Crippen LogP contribution in [-0.2, 0) is 16.1 Å². The number of benzene rings is 1. The Hall–Kier alpha value is -1.63. The van der Waals surface area contributed by atoms with Gasteiger partial charge in [0, 0.05) is 49.2 Å². The molecule has 0 radical (unpaired) electrons. The van der Waals surface area contributed by atoms with Crippen LogP contribution in [0.25, 0.3) is 0 Å². The first-order chi connectivity index (χ1) is 13.1. The van der Waals surface area contributed by atoms with Gasteiger partial charge in [0.25, 0.3) is 0 Å². The highest BCUT2D eigenvalue weighted by molar-refractivity contribution is 6.30. The van der Waals surface area contributed by atoms with Gasteiger partial charge in [-0.1, -0.05) is 23.7 Å². The average Bonchev–Trinajstić information content (AvgIpc) is 3.34. The number of nitrogens with one attached hydrogen (secondary N) is 3. The van der Waals surface area contributed by atoms with Crippen molar-refractivity contribution in [2.75, 3.05) is 13.1 Å². The largest absolute Gasteiger partial charge is 0.353 e. The van der Waals surface area contributed by atoms with Gasteiger partial charge in [-0.05, 0) is 43.4 Å². The summed E-state index contributed by atoms with van der Waals surface area (Å²) >= 11 is 6.05. The summed E-state index contributed by atoms with van der Waals surface area (Å²) < 4.78 is 0. The van der Waals surface area contributed by atoms with Crippen molar-refractivity contribution >= 4 is 23.4 Å². The summed E-state index contributed by atoms with van der Waals surface area (Å²) in [6, 6.07) is 8.65. The van der Waals surface area contributed by atoms with E-state index >= 15 is 0 Å². The molecule has 3 unspecified atom stereocenters. The molecule has 1 aromatic carbocycles. The molecule has 1 aliphatic carbocycles. The van der Waals surface area contributed by atoms with Gasteiger partial charge in [-0.25, -0.2) is 0 Å². The number of fused-ring (bicyclic) bond motifs is 1. The molecule has 2 saturated heterocycles. The molecule has 2 amide bonds. The van der Waals surface area contributed by atoms with Crippen LogP contribution in [-0.4, -0.2) is 54.0 Å². The number of nitrogens with zero attached hydrogens (tertiary/aromatic N) is 1. The van der Waals surface area contributed by atoms with Crippen LogP contribution in [0.2, 0.25) is 5.02 Å². The van der Waals surface area contributed by atoms with Crippen LogP contribution in [0.15, 0.2) is 24.3 Å². The van der Waals surface area contributed by atoms with E-state index in [2.05, 4.69) is 26.9 Å². The number of hydrogen-bond acceptors (Lipinski definition) is 4. The van der Waals surface area contributed by atoms with E-state index in [0.717, 1.165) is 49.4 Å². The van der Waals surface area contributed by atoms with Gasteiger partial charge in [0.1, 0.15) is 0 Å². The van der Waals surface area contributed by atoms with Crippen LogP contribution < -0.4 is 16.0 Å². The highest BCUT2D eigenvalue weighted by Gasteiger charge is 2.43. The minimum absolute atomic E-state index is 0.0906. The number of piperazine rings is 1. The highest BCUT2D eigenvalue weighted by Crippen LogP contribution is 2.26. The molecule has 4 rings (SSSR count). The lowest BCUT2D eigenvalue weighted by atomic mass is 10.0. The molecule has 3 atom stereocenters. The maximum absolute atomic E-state index is 12.3. The molecule has 1 aromatic rings. The molecule has 0 bridgehead atoms. The number of carbonyl (C=O) groups excluding carboxylic acids is 2. The molecule has 0 aromatic heterocycles. The van der Waals surface area contributed by atoms with Crippen molar-refractivity contribution in [3.8, 4) is 0 Å². The highest BCUT2D eigenvalue weighted by atomic mass is 35.5. The monoisotopic (exact) mass is 390 g/mol. The SMILES string of the molecule is O=C(CCC1CNC(=O)C2CC(NCc3cccc(Cl)c3)CN12)NC1CC1. The van der Waals surface area contributed by atoms with E-state index in [1.165, 1.54) is 0 Å². The third kappa shape index (κ3) is 4.81. The van der Waals surface area contributed by atoms with Gasteiger partial charge < -0.3 is 16.0 Å². The van der Waals surface area contributed by atoms with Crippen molar-refractivity contribution in [1.29, 1.82) is 0 Å². The minimum Gasteiger partial charge on any atom is -0.353 e. The molecule has 3 fully saturated rings. The number of rotatable bonds is 7. The fourth-order valence-corrected chi connectivity index (χ4v) is 4.34. The summed E-state index contributed by atoms with van der Waals surface area (Å²) in [5.74, 6) is 0.251. The van der Waals surface area contributed by atoms with Gasteiger partial charge in [-0.3, -0.25) is 14.5 Å². The Kier molecular flexibility index (Phi) is 5.66. The zero-order valence-electron chi connectivity index (χ0n) is 15.4. The number of hydrogen-bond donors (Lipinski definition) is 3. The van der Waals surface area contributed by atoms with Gasteiger partial charge in [-0.15, -0.1) is 0 Å². The molecule has 3 aliphatic rings. The number of halogens is 1. The minimum atomic E-state index is -0.0906. The molecule has 3 N–H and O–H groups in total. The van der Waals surface area contributed by atoms with Crippen LogP contribution in [0.5, 0.6) is 0 Å². The molecule has 7 heteroatoms. The van der Waals surface area contributed by atoms with E-state index in [1.807, 2.05) is 18.2 Å². The molecule has 0 spiro atoms. The molecular weight excluding hydrogens is 364 g/mol. The van der Waals surface area contributed by atoms with Gasteiger partial charge in [0.15, 0.2) is 0 Å². The molecule has 2 heterocycles. The third-order valence-electron chi connectivity index (χ3n) is 5.75. The second kappa shape index (κ2) is 8.17. The first-order valence-corrected chi connectivity index (χ1v) is 10.3. The van der Waals surface area contributed by atoms with Crippen molar-refractivity contribution in [3.63, 3.8) is 0 Å². The summed E-state index contributed by atoms with van der Waals surface area (Å²) in [6.07, 6.45) is 4.34. The summed E-state index contributed by atoms with van der Waals surface area (Å²) in [7, 11) is 0. The third-order valence-corrected chi connectivity index (χ3v) is 5.99. The van der Waals surface area contributed by atoms with E-state index in [9.17, 15) is 9.59 Å². The standard InChI is InChI=1S/C20H27ClN4O2/c21-14-3-1-2-13(8-14)10-22-16-9-18-20(27)23-11-17(25(18)12-16)6-7-19(26)24-15-4-5-15/h1-3,8,15-18,22H,4-7,9-12H2,(H,23,27)(H,24,26). The van der Waals surface area contributed by atoms with Crippen molar-refractivity contribution < 1.29 is 9.59 Å². The summed E-state index contributed by atoms with van der Waals surface area (Å²) in [4.78, 5) is 26.6. The predicted molar refractivity (Wildman–Crippen MR) is 104 cm³/mol. The van der Waals surface area contributed by atoms with Crippen LogP contribution in [0.1, 0.15) is 37.7 Å². The van der Waals surface area contributed by atoms with Crippen molar-refractivity contribution in [2.45, 2.75) is 62.8 Å². The summed E-state index contributed by atoms with van der Waals surface area (Å²) in [5.41, 5.74) is 1.14. The lowest BCUT2D eigenvalue weighted by Crippen LogP contribution is -2.58. The van der Waals surface area contributed by atoms with E-state index in [4.69, 9.17) is 11.6 Å². The number of carbonyl (C=O) groups is 2. The second-order valence-corrected chi connectivity index (χ2v) is 8.37. The molecule has 146 valence electrons. The van der Waals surface area contributed by atoms with Crippen LogP contribution in [0.3, 0.4) is 0 Å². The Labute approximate surface area is 165 Å². The Morgan fingerprint density at radius 3 is 2.93 bits per heavy atom. The van der Waals surface area contributed by atoms with E-state index in [1.54, 1.807) is 0 Å². The Morgan fingerprint density at radius 2 is 2.15 bits per heavy atom. The Morgan fingerprint density at radius 1 is 1.30 bits per heavy atom. The maximum atomic E-state index is 12.3. The second-order valence-electron chi connectivity index (χ2n) is 7.94. The van der Waals surface area contributed by atoms with Crippen molar-refractivity contribution in [3.05, 3.63) is 34.9 Å². The molecule has 2 aliphatic heterocycles. The zero-order chi connectivity index (χ0) is 18.8. The zero-order valence-corrected chi connectivity index (χ0v) is 16.2. The van der Waals surface area contributed by atoms with Crippen LogP contribution in [0, 0.1) is 0 Å². The Bertz CT molecular complexity index is 709. The van der Waals surface area contributed by atoms with Gasteiger partial charge in [0.2, 0.25) is 11.8 Å². The number of amides is 2. The maximum Gasteiger partial charge on any atom is 0.237 e. The van der Waals surface area contributed by atoms with Gasteiger partial charge in [0.05, 0.1) is 6.04 Å². The molecule has 1 saturated carbocycles. The fraction of sp³-hybridized carbons (Fsp3) is 0.600. The normalized spacial score (nSPS) is 27.9. The van der Waals surface area contributed by atoms with Gasteiger partial charge in [-0.2, -0.15) is 0 Å². The van der Waals surface area contributed by atoms with Crippen molar-refractivity contribution in [1.82, 2.24) is 20.9 Å². The predicted octanol–water partition coefficient (Wildman–Crippen LogP) is 1.43. The van der Waals surface area contributed by atoms with Gasteiger partial charge >= 0.3 is 0 Å². The smallest absolute Gasteiger partial charge is 0.237 e. The lowest BCUT2D eigenvalue weighted by molar-refractivity contribution is -0.129. The van der Waals surface area contributed by atoms with Crippen molar-refractivity contribution in [2.24, 2.45) is 0 Å².